The zero-order chi connectivity index (χ0) is 29.2. The molecule has 0 bridgehead atoms. The van der Waals surface area contributed by atoms with Crippen LogP contribution in [0.25, 0.3) is 0 Å². The van der Waals surface area contributed by atoms with Crippen molar-refractivity contribution in [3.8, 4) is 0 Å². The molecule has 0 spiro atoms. The number of nitrogens with one attached hydrogen (secondary N) is 3. The highest BCUT2D eigenvalue weighted by molar-refractivity contribution is 5.98. The van der Waals surface area contributed by atoms with Gasteiger partial charge in [0.25, 0.3) is 0 Å². The van der Waals surface area contributed by atoms with Gasteiger partial charge < -0.3 is 31.5 Å². The van der Waals surface area contributed by atoms with Gasteiger partial charge in [0.05, 0.1) is 12.6 Å². The molecule has 0 heterocycles. The van der Waals surface area contributed by atoms with Crippen molar-refractivity contribution in [3.63, 3.8) is 0 Å². The number of hydrogen-bond acceptors (Lipinski definition) is 7. The Morgan fingerprint density at radius 2 is 1.51 bits per heavy atom. The summed E-state index contributed by atoms with van der Waals surface area (Å²) in [6, 6.07) is 13.1. The van der Waals surface area contributed by atoms with E-state index >= 15 is 0 Å². The average molecular weight is 541 g/mol. The Morgan fingerprint density at radius 1 is 0.897 bits per heavy atom. The number of ether oxygens (including phenoxy) is 1. The lowest BCUT2D eigenvalue weighted by Crippen LogP contribution is -2.56. The third kappa shape index (κ3) is 9.81. The normalized spacial score (nSPS) is 13.6. The molecule has 6 N–H and O–H groups in total. The minimum absolute atomic E-state index is 0.0376. The van der Waals surface area contributed by atoms with Gasteiger partial charge in [-0.05, 0) is 56.4 Å². The van der Waals surface area contributed by atoms with Gasteiger partial charge in [0.2, 0.25) is 17.7 Å². The van der Waals surface area contributed by atoms with Gasteiger partial charge >= 0.3 is 5.97 Å². The standard InChI is InChI=1S/C29H40N4O6/c1-18(2)25(28(38)31-19(3)26(36)32-22-13-11-20(17-34)12-14-22)33-27(37)23(30)15-16-24(35)39-29(4,5)21-9-7-6-8-10-21/h6-14,18-19,23,25,34H,15-17,30H2,1-5H3,(H,31,38)(H,32,36)(H,33,37)/t19-,23-,25-/m0/s1. The number of esters is 1. The van der Waals surface area contributed by atoms with E-state index in [1.54, 1.807) is 52.0 Å². The van der Waals surface area contributed by atoms with Crippen LogP contribution in [0.2, 0.25) is 0 Å². The molecule has 0 aromatic heterocycles. The fourth-order valence-corrected chi connectivity index (χ4v) is 3.75. The minimum atomic E-state index is -1.03. The van der Waals surface area contributed by atoms with Crippen LogP contribution in [-0.2, 0) is 36.1 Å². The smallest absolute Gasteiger partial charge is 0.306 e. The van der Waals surface area contributed by atoms with E-state index < -0.39 is 47.4 Å². The largest absolute Gasteiger partial charge is 0.455 e. The predicted molar refractivity (Wildman–Crippen MR) is 148 cm³/mol. The highest BCUT2D eigenvalue weighted by Crippen LogP contribution is 2.25. The van der Waals surface area contributed by atoms with E-state index in [9.17, 15) is 19.2 Å². The summed E-state index contributed by atoms with van der Waals surface area (Å²) < 4.78 is 5.59. The molecule has 0 unspecified atom stereocenters. The number of aliphatic hydroxyl groups is 1. The zero-order valence-electron chi connectivity index (χ0n) is 23.2. The van der Waals surface area contributed by atoms with Crippen molar-refractivity contribution >= 4 is 29.4 Å². The summed E-state index contributed by atoms with van der Waals surface area (Å²) in [4.78, 5) is 50.6. The molecule has 0 aliphatic rings. The third-order valence-electron chi connectivity index (χ3n) is 6.24. The summed E-state index contributed by atoms with van der Waals surface area (Å²) in [6.45, 7) is 8.50. The molecule has 0 fully saturated rings. The van der Waals surface area contributed by atoms with E-state index in [0.29, 0.717) is 11.3 Å². The van der Waals surface area contributed by atoms with Crippen molar-refractivity contribution < 1.29 is 29.0 Å². The maximum atomic E-state index is 12.9. The van der Waals surface area contributed by atoms with Crippen LogP contribution in [0.3, 0.4) is 0 Å². The number of amides is 3. The molecule has 2 aromatic carbocycles. The van der Waals surface area contributed by atoms with E-state index in [4.69, 9.17) is 15.6 Å². The Morgan fingerprint density at radius 3 is 2.08 bits per heavy atom. The van der Waals surface area contributed by atoms with Gasteiger partial charge in [-0.15, -0.1) is 0 Å². The first kappa shape index (κ1) is 31.5. The average Bonchev–Trinajstić information content (AvgIpc) is 2.90. The van der Waals surface area contributed by atoms with Crippen LogP contribution >= 0.6 is 0 Å². The van der Waals surface area contributed by atoms with Crippen LogP contribution in [-0.4, -0.2) is 46.9 Å². The second kappa shape index (κ2) is 14.4. The Labute approximate surface area is 229 Å². The summed E-state index contributed by atoms with van der Waals surface area (Å²) in [5.74, 6) is -2.34. The molecule has 0 saturated heterocycles. The zero-order valence-corrected chi connectivity index (χ0v) is 23.2. The Hall–Kier alpha value is -3.76. The first-order chi connectivity index (χ1) is 18.3. The molecule has 39 heavy (non-hydrogen) atoms. The summed E-state index contributed by atoms with van der Waals surface area (Å²) in [6.07, 6.45) is -0.0320. The summed E-state index contributed by atoms with van der Waals surface area (Å²) in [7, 11) is 0. The first-order valence-electron chi connectivity index (χ1n) is 13.0. The van der Waals surface area contributed by atoms with E-state index in [1.165, 1.54) is 6.92 Å². The summed E-state index contributed by atoms with van der Waals surface area (Å²) in [5, 5.41) is 17.1. The van der Waals surface area contributed by atoms with Crippen molar-refractivity contribution in [3.05, 3.63) is 65.7 Å². The molecule has 10 heteroatoms. The van der Waals surface area contributed by atoms with Crippen molar-refractivity contribution in [2.45, 2.75) is 77.8 Å². The summed E-state index contributed by atoms with van der Waals surface area (Å²) >= 11 is 0. The van der Waals surface area contributed by atoms with Crippen LogP contribution in [0.4, 0.5) is 5.69 Å². The van der Waals surface area contributed by atoms with Crippen molar-refractivity contribution in [1.29, 1.82) is 0 Å². The van der Waals surface area contributed by atoms with Gasteiger partial charge in [-0.25, -0.2) is 0 Å². The lowest BCUT2D eigenvalue weighted by atomic mass is 9.98. The lowest BCUT2D eigenvalue weighted by Gasteiger charge is -2.26. The molecule has 0 saturated carbocycles. The molecule has 2 aromatic rings. The number of aliphatic hydroxyl groups excluding tert-OH is 1. The molecule has 0 aliphatic carbocycles. The van der Waals surface area contributed by atoms with Crippen molar-refractivity contribution in [1.82, 2.24) is 10.6 Å². The van der Waals surface area contributed by atoms with E-state index in [2.05, 4.69) is 16.0 Å². The fourth-order valence-electron chi connectivity index (χ4n) is 3.75. The maximum Gasteiger partial charge on any atom is 0.306 e. The van der Waals surface area contributed by atoms with Gasteiger partial charge in [-0.1, -0.05) is 56.3 Å². The van der Waals surface area contributed by atoms with Gasteiger partial charge in [-0.3, -0.25) is 19.2 Å². The van der Waals surface area contributed by atoms with Crippen LogP contribution < -0.4 is 21.7 Å². The first-order valence-corrected chi connectivity index (χ1v) is 13.0. The van der Waals surface area contributed by atoms with E-state index in [1.807, 2.05) is 30.3 Å². The monoisotopic (exact) mass is 540 g/mol. The Balaban J connectivity index is 1.87. The molecule has 212 valence electrons. The predicted octanol–water partition coefficient (Wildman–Crippen LogP) is 2.35. The SMILES string of the molecule is CC(C)[C@H](NC(=O)[C@@H](N)CCC(=O)OC(C)(C)c1ccccc1)C(=O)N[C@@H](C)C(=O)Nc1ccc(CO)cc1. The topological polar surface area (TPSA) is 160 Å². The molecule has 0 radical (unpaired) electrons. The molecular weight excluding hydrogens is 500 g/mol. The maximum absolute atomic E-state index is 12.9. The molecular formula is C29H40N4O6. The van der Waals surface area contributed by atoms with Crippen LogP contribution in [0.5, 0.6) is 0 Å². The number of hydrogen-bond donors (Lipinski definition) is 5. The molecule has 10 nitrogen and oxygen atoms in total. The van der Waals surface area contributed by atoms with Crippen LogP contribution in [0, 0.1) is 5.92 Å². The quantitative estimate of drug-likeness (QED) is 0.244. The number of anilines is 1. The molecule has 2 rings (SSSR count). The molecule has 3 atom stereocenters. The third-order valence-corrected chi connectivity index (χ3v) is 6.24. The van der Waals surface area contributed by atoms with Gasteiger partial charge in [-0.2, -0.15) is 0 Å². The minimum Gasteiger partial charge on any atom is -0.455 e. The van der Waals surface area contributed by atoms with Crippen LogP contribution in [0.15, 0.2) is 54.6 Å². The van der Waals surface area contributed by atoms with Crippen molar-refractivity contribution in [2.24, 2.45) is 11.7 Å². The highest BCUT2D eigenvalue weighted by Gasteiger charge is 2.30. The van der Waals surface area contributed by atoms with Gasteiger partial charge in [0.15, 0.2) is 0 Å². The number of nitrogens with two attached hydrogens (primary N) is 1. The van der Waals surface area contributed by atoms with E-state index in [-0.39, 0.29) is 25.4 Å². The second-order valence-electron chi connectivity index (χ2n) is 10.3. The molecule has 3 amide bonds. The number of rotatable bonds is 13. The Kier molecular flexibility index (Phi) is 11.6. The van der Waals surface area contributed by atoms with Crippen molar-refractivity contribution in [2.75, 3.05) is 5.32 Å². The highest BCUT2D eigenvalue weighted by atomic mass is 16.6. The lowest BCUT2D eigenvalue weighted by molar-refractivity contribution is -0.157. The summed E-state index contributed by atoms with van der Waals surface area (Å²) in [5.41, 5.74) is 7.24. The number of carbonyl (C=O) groups excluding carboxylic acids is 4. The number of benzene rings is 2. The molecule has 0 aliphatic heterocycles. The number of carbonyl (C=O) groups is 4. The van der Waals surface area contributed by atoms with Gasteiger partial charge in [0, 0.05) is 12.1 Å². The van der Waals surface area contributed by atoms with E-state index in [0.717, 1.165) is 5.56 Å². The van der Waals surface area contributed by atoms with Gasteiger partial charge in [0.1, 0.15) is 17.7 Å². The van der Waals surface area contributed by atoms with Crippen LogP contribution in [0.1, 0.15) is 58.6 Å². The Bertz CT molecular complexity index is 1120. The second-order valence-corrected chi connectivity index (χ2v) is 10.3. The fraction of sp³-hybridized carbons (Fsp3) is 0.448.